The molecule has 1 aliphatic rings. The van der Waals surface area contributed by atoms with Crippen LogP contribution in [0.25, 0.3) is 11.1 Å². The molecule has 0 amide bonds. The molecule has 2 N–H and O–H groups in total. The van der Waals surface area contributed by atoms with Crippen molar-refractivity contribution in [1.29, 1.82) is 0 Å². The first-order chi connectivity index (χ1) is 9.31. The molecule has 0 unspecified atom stereocenters. The zero-order valence-electron chi connectivity index (χ0n) is 10.5. The summed E-state index contributed by atoms with van der Waals surface area (Å²) in [6, 6.07) is 3.64. The van der Waals surface area contributed by atoms with Crippen molar-refractivity contribution in [3.8, 4) is 28.4 Å². The molecule has 3 rings (SSSR count). The van der Waals surface area contributed by atoms with Crippen molar-refractivity contribution < 1.29 is 18.7 Å². The van der Waals surface area contributed by atoms with E-state index in [1.54, 1.807) is 13.3 Å². The van der Waals surface area contributed by atoms with Gasteiger partial charge in [0, 0.05) is 6.42 Å². The van der Waals surface area contributed by atoms with E-state index < -0.39 is 0 Å². The number of nitrogens with zero attached hydrogens (tertiary/aromatic N) is 1. The minimum atomic E-state index is 0.222. The Morgan fingerprint density at radius 3 is 2.84 bits per heavy atom. The number of hydrogen-bond acceptors (Lipinski definition) is 6. The van der Waals surface area contributed by atoms with Crippen LogP contribution in [0.3, 0.4) is 0 Å². The molecule has 19 heavy (non-hydrogen) atoms. The first-order valence-corrected chi connectivity index (χ1v) is 5.98. The van der Waals surface area contributed by atoms with Crippen LogP contribution in [0.4, 0.5) is 5.88 Å². The third-order valence-electron chi connectivity index (χ3n) is 2.96. The molecule has 0 saturated carbocycles. The lowest BCUT2D eigenvalue weighted by Crippen LogP contribution is -1.99. The van der Waals surface area contributed by atoms with Crippen LogP contribution in [0.5, 0.6) is 17.2 Å². The Balaban J connectivity index is 2.23. The van der Waals surface area contributed by atoms with Crippen molar-refractivity contribution in [2.24, 2.45) is 0 Å². The van der Waals surface area contributed by atoms with Gasteiger partial charge in [-0.25, -0.2) is 0 Å². The molecule has 1 aliphatic heterocycles. The Bertz CT molecular complexity index is 594. The van der Waals surface area contributed by atoms with Gasteiger partial charge in [-0.3, -0.25) is 0 Å². The molecule has 0 spiro atoms. The lowest BCUT2D eigenvalue weighted by atomic mass is 10.1. The van der Waals surface area contributed by atoms with Gasteiger partial charge in [0.2, 0.25) is 5.88 Å². The van der Waals surface area contributed by atoms with Crippen LogP contribution in [0, 0.1) is 0 Å². The number of rotatable bonds is 2. The summed E-state index contributed by atoms with van der Waals surface area (Å²) >= 11 is 0. The number of aromatic nitrogens is 1. The Hall–Kier alpha value is -2.37. The first kappa shape index (κ1) is 11.7. The first-order valence-electron chi connectivity index (χ1n) is 5.98. The van der Waals surface area contributed by atoms with Crippen LogP contribution in [-0.4, -0.2) is 25.5 Å². The highest BCUT2D eigenvalue weighted by Crippen LogP contribution is 2.47. The van der Waals surface area contributed by atoms with E-state index in [0.29, 0.717) is 41.6 Å². The molecule has 6 heteroatoms. The maximum atomic E-state index is 5.79. The molecule has 0 atom stereocenters. The van der Waals surface area contributed by atoms with Crippen molar-refractivity contribution in [3.05, 3.63) is 18.3 Å². The van der Waals surface area contributed by atoms with Gasteiger partial charge in [0.05, 0.1) is 37.6 Å². The zero-order valence-corrected chi connectivity index (χ0v) is 10.5. The third-order valence-corrected chi connectivity index (χ3v) is 2.96. The molecule has 6 nitrogen and oxygen atoms in total. The Kier molecular flexibility index (Phi) is 2.91. The molecule has 100 valence electrons. The highest BCUT2D eigenvalue weighted by atomic mass is 16.5. The zero-order chi connectivity index (χ0) is 13.2. The van der Waals surface area contributed by atoms with Gasteiger partial charge in [0.25, 0.3) is 0 Å². The largest absolute Gasteiger partial charge is 0.496 e. The quantitative estimate of drug-likeness (QED) is 0.892. The maximum absolute atomic E-state index is 5.79. The monoisotopic (exact) mass is 262 g/mol. The van der Waals surface area contributed by atoms with E-state index in [1.807, 2.05) is 12.1 Å². The molecule has 1 aromatic heterocycles. The Morgan fingerprint density at radius 2 is 2.11 bits per heavy atom. The smallest absolute Gasteiger partial charge is 0.230 e. The molecule has 0 aliphatic carbocycles. The summed E-state index contributed by atoms with van der Waals surface area (Å²) in [5.41, 5.74) is 7.13. The van der Waals surface area contributed by atoms with Crippen molar-refractivity contribution in [2.45, 2.75) is 6.42 Å². The molecule has 0 bridgehead atoms. The lowest BCUT2D eigenvalue weighted by molar-refractivity contribution is 0.297. The van der Waals surface area contributed by atoms with Crippen LogP contribution >= 0.6 is 0 Å². The highest BCUT2D eigenvalue weighted by molar-refractivity contribution is 5.84. The fourth-order valence-electron chi connectivity index (χ4n) is 2.08. The van der Waals surface area contributed by atoms with E-state index in [2.05, 4.69) is 5.16 Å². The van der Waals surface area contributed by atoms with E-state index in [1.165, 1.54) is 0 Å². The topological polar surface area (TPSA) is 79.7 Å². The van der Waals surface area contributed by atoms with Gasteiger partial charge in [-0.2, -0.15) is 0 Å². The average molecular weight is 262 g/mol. The summed E-state index contributed by atoms with van der Waals surface area (Å²) in [5.74, 6) is 2.15. The maximum Gasteiger partial charge on any atom is 0.230 e. The summed E-state index contributed by atoms with van der Waals surface area (Å²) in [4.78, 5) is 0. The number of benzene rings is 1. The van der Waals surface area contributed by atoms with Crippen molar-refractivity contribution in [2.75, 3.05) is 26.1 Å². The average Bonchev–Trinajstić information content (AvgIpc) is 2.71. The molecule has 2 aromatic rings. The highest BCUT2D eigenvalue weighted by Gasteiger charge is 2.23. The Labute approximate surface area is 110 Å². The van der Waals surface area contributed by atoms with Crippen LogP contribution in [0.15, 0.2) is 22.9 Å². The minimum Gasteiger partial charge on any atom is -0.496 e. The Morgan fingerprint density at radius 1 is 1.26 bits per heavy atom. The van der Waals surface area contributed by atoms with Gasteiger partial charge < -0.3 is 24.5 Å². The van der Waals surface area contributed by atoms with E-state index in [9.17, 15) is 0 Å². The predicted octanol–water partition coefficient (Wildman–Crippen LogP) is 2.09. The van der Waals surface area contributed by atoms with E-state index in [-0.39, 0.29) is 5.88 Å². The van der Waals surface area contributed by atoms with Gasteiger partial charge in [0.1, 0.15) is 5.75 Å². The van der Waals surface area contributed by atoms with Gasteiger partial charge in [-0.05, 0) is 12.1 Å². The van der Waals surface area contributed by atoms with Crippen molar-refractivity contribution in [1.82, 2.24) is 5.16 Å². The summed E-state index contributed by atoms with van der Waals surface area (Å²) in [6.07, 6.45) is 2.37. The standard InChI is InChI=1S/C13H14N2O4/c1-16-9-3-4-10-12(18-6-2-5-17-10)11(9)8-7-15-19-13(8)14/h3-4,7H,2,5-6,14H2,1H3. The molecular weight excluding hydrogens is 248 g/mol. The van der Waals surface area contributed by atoms with Crippen molar-refractivity contribution in [3.63, 3.8) is 0 Å². The number of methoxy groups -OCH3 is 1. The van der Waals surface area contributed by atoms with Crippen molar-refractivity contribution >= 4 is 5.88 Å². The molecule has 1 aromatic carbocycles. The summed E-state index contributed by atoms with van der Waals surface area (Å²) in [6.45, 7) is 1.20. The summed E-state index contributed by atoms with van der Waals surface area (Å²) < 4.78 is 21.7. The normalized spacial score (nSPS) is 13.9. The number of nitrogens with two attached hydrogens (primary N) is 1. The summed E-state index contributed by atoms with van der Waals surface area (Å²) in [7, 11) is 1.59. The molecule has 0 saturated heterocycles. The second kappa shape index (κ2) is 4.72. The molecular formula is C13H14N2O4. The minimum absolute atomic E-state index is 0.222. The van der Waals surface area contributed by atoms with Crippen LogP contribution in [0.2, 0.25) is 0 Å². The second-order valence-corrected chi connectivity index (χ2v) is 4.12. The fourth-order valence-corrected chi connectivity index (χ4v) is 2.08. The second-order valence-electron chi connectivity index (χ2n) is 4.12. The number of ether oxygens (including phenoxy) is 3. The lowest BCUT2D eigenvalue weighted by Gasteiger charge is -2.15. The molecule has 0 fully saturated rings. The fraction of sp³-hybridized carbons (Fsp3) is 0.308. The number of hydrogen-bond donors (Lipinski definition) is 1. The molecule has 0 radical (unpaired) electrons. The van der Waals surface area contributed by atoms with Gasteiger partial charge >= 0.3 is 0 Å². The molecule has 2 heterocycles. The third kappa shape index (κ3) is 1.95. The number of nitrogen functional groups attached to an aromatic ring is 1. The van der Waals surface area contributed by atoms with Gasteiger partial charge in [-0.15, -0.1) is 0 Å². The van der Waals surface area contributed by atoms with Crippen LogP contribution in [-0.2, 0) is 0 Å². The SMILES string of the molecule is COc1ccc2c(c1-c1cnoc1N)OCCCO2. The predicted molar refractivity (Wildman–Crippen MR) is 68.5 cm³/mol. The van der Waals surface area contributed by atoms with Gasteiger partial charge in [0.15, 0.2) is 11.5 Å². The van der Waals surface area contributed by atoms with Crippen LogP contribution in [0.1, 0.15) is 6.42 Å². The van der Waals surface area contributed by atoms with Crippen LogP contribution < -0.4 is 19.9 Å². The number of fused-ring (bicyclic) bond motifs is 1. The van der Waals surface area contributed by atoms with E-state index in [4.69, 9.17) is 24.5 Å². The van der Waals surface area contributed by atoms with Gasteiger partial charge in [-0.1, -0.05) is 5.16 Å². The van der Waals surface area contributed by atoms with E-state index in [0.717, 1.165) is 6.42 Å². The van der Waals surface area contributed by atoms with E-state index >= 15 is 0 Å². The summed E-state index contributed by atoms with van der Waals surface area (Å²) in [5, 5.41) is 3.69. The number of anilines is 1.